The van der Waals surface area contributed by atoms with Crippen LogP contribution in [0.2, 0.25) is 0 Å². The zero-order valence-electron chi connectivity index (χ0n) is 10.7. The summed E-state index contributed by atoms with van der Waals surface area (Å²) in [5.41, 5.74) is 0.0718. The van der Waals surface area contributed by atoms with Crippen molar-refractivity contribution in [2.75, 3.05) is 14.2 Å². The Morgan fingerprint density at radius 2 is 2.11 bits per heavy atom. The van der Waals surface area contributed by atoms with Crippen LogP contribution in [-0.4, -0.2) is 25.2 Å². The van der Waals surface area contributed by atoms with Crippen molar-refractivity contribution in [1.82, 2.24) is 4.98 Å². The van der Waals surface area contributed by atoms with E-state index in [1.807, 2.05) is 6.92 Å². The lowest BCUT2D eigenvalue weighted by molar-refractivity contribution is 0.0595. The number of hydrogen-bond acceptors (Lipinski definition) is 5. The third-order valence-electron chi connectivity index (χ3n) is 2.54. The van der Waals surface area contributed by atoms with Crippen LogP contribution < -0.4 is 4.74 Å². The monoisotopic (exact) mass is 281 g/mol. The van der Waals surface area contributed by atoms with E-state index in [1.165, 1.54) is 37.7 Å². The van der Waals surface area contributed by atoms with Crippen LogP contribution in [0.25, 0.3) is 10.6 Å². The Kier molecular flexibility index (Phi) is 3.80. The van der Waals surface area contributed by atoms with E-state index in [-0.39, 0.29) is 11.1 Å². The van der Waals surface area contributed by atoms with Crippen molar-refractivity contribution in [3.8, 4) is 16.3 Å². The Hall–Kier alpha value is -1.95. The number of aryl methyl sites for hydroxylation is 1. The Labute approximate surface area is 113 Å². The Bertz CT molecular complexity index is 624. The average Bonchev–Trinajstić information content (AvgIpc) is 2.84. The molecule has 0 aliphatic carbocycles. The summed E-state index contributed by atoms with van der Waals surface area (Å²) in [7, 11) is 2.65. The summed E-state index contributed by atoms with van der Waals surface area (Å²) < 4.78 is 24.0. The normalized spacial score (nSPS) is 10.3. The minimum absolute atomic E-state index is 0.162. The van der Waals surface area contributed by atoms with Crippen LogP contribution >= 0.6 is 11.3 Å². The van der Waals surface area contributed by atoms with Crippen LogP contribution in [0.3, 0.4) is 0 Å². The zero-order chi connectivity index (χ0) is 14.0. The van der Waals surface area contributed by atoms with Gasteiger partial charge in [0.05, 0.1) is 25.3 Å². The number of methoxy groups -OCH3 is 2. The van der Waals surface area contributed by atoms with Gasteiger partial charge in [0.1, 0.15) is 16.6 Å². The highest BCUT2D eigenvalue weighted by Gasteiger charge is 2.20. The number of carbonyl (C=O) groups excluding carboxylic acids is 1. The van der Waals surface area contributed by atoms with E-state index in [0.717, 1.165) is 4.88 Å². The van der Waals surface area contributed by atoms with Crippen LogP contribution in [0.5, 0.6) is 5.75 Å². The van der Waals surface area contributed by atoms with Crippen molar-refractivity contribution in [2.24, 2.45) is 0 Å². The number of halogens is 1. The van der Waals surface area contributed by atoms with Crippen LogP contribution in [-0.2, 0) is 4.74 Å². The highest BCUT2D eigenvalue weighted by Crippen LogP contribution is 2.32. The summed E-state index contributed by atoms with van der Waals surface area (Å²) in [6.45, 7) is 1.88. The van der Waals surface area contributed by atoms with Gasteiger partial charge in [0.25, 0.3) is 0 Å². The van der Waals surface area contributed by atoms with E-state index in [1.54, 1.807) is 6.20 Å². The fourth-order valence-corrected chi connectivity index (χ4v) is 2.38. The molecule has 0 N–H and O–H groups in total. The highest BCUT2D eigenvalue weighted by atomic mass is 32.1. The predicted molar refractivity (Wildman–Crippen MR) is 70.1 cm³/mol. The maximum atomic E-state index is 14.3. The van der Waals surface area contributed by atoms with Crippen molar-refractivity contribution in [3.05, 3.63) is 34.6 Å². The number of rotatable bonds is 3. The second kappa shape index (κ2) is 5.36. The van der Waals surface area contributed by atoms with Gasteiger partial charge in [0.2, 0.25) is 0 Å². The van der Waals surface area contributed by atoms with Gasteiger partial charge in [0, 0.05) is 11.1 Å². The van der Waals surface area contributed by atoms with E-state index in [0.29, 0.717) is 10.8 Å². The van der Waals surface area contributed by atoms with Crippen molar-refractivity contribution >= 4 is 17.3 Å². The maximum Gasteiger partial charge on any atom is 0.341 e. The quantitative estimate of drug-likeness (QED) is 0.811. The van der Waals surface area contributed by atoms with Gasteiger partial charge in [-0.15, -0.1) is 11.3 Å². The predicted octanol–water partition coefficient (Wildman–Crippen LogP) is 3.05. The molecule has 19 heavy (non-hydrogen) atoms. The Balaban J connectivity index is 2.63. The highest BCUT2D eigenvalue weighted by molar-refractivity contribution is 7.14. The molecule has 1 heterocycles. The SMILES string of the molecule is COC(=O)c1cc(OC)cc(-c2ncc(C)s2)c1F. The van der Waals surface area contributed by atoms with Gasteiger partial charge < -0.3 is 9.47 Å². The topological polar surface area (TPSA) is 48.4 Å². The first-order chi connectivity index (χ1) is 9.06. The zero-order valence-corrected chi connectivity index (χ0v) is 11.5. The number of hydrogen-bond donors (Lipinski definition) is 0. The second-order valence-electron chi connectivity index (χ2n) is 3.80. The van der Waals surface area contributed by atoms with Gasteiger partial charge in [-0.25, -0.2) is 14.2 Å². The van der Waals surface area contributed by atoms with E-state index in [4.69, 9.17) is 4.74 Å². The lowest BCUT2D eigenvalue weighted by Crippen LogP contribution is -2.06. The molecule has 0 unspecified atom stereocenters. The molecule has 0 saturated heterocycles. The summed E-state index contributed by atoms with van der Waals surface area (Å²) in [6.07, 6.45) is 1.65. The molecule has 0 fully saturated rings. The fourth-order valence-electron chi connectivity index (χ4n) is 1.61. The molecule has 0 radical (unpaired) electrons. The number of thiazole rings is 1. The fraction of sp³-hybridized carbons (Fsp3) is 0.231. The summed E-state index contributed by atoms with van der Waals surface area (Å²) in [6, 6.07) is 2.82. The first-order valence-electron chi connectivity index (χ1n) is 5.45. The van der Waals surface area contributed by atoms with Gasteiger partial charge >= 0.3 is 5.97 Å². The second-order valence-corrected chi connectivity index (χ2v) is 5.04. The Morgan fingerprint density at radius 3 is 2.63 bits per heavy atom. The molecule has 0 atom stereocenters. The van der Waals surface area contributed by atoms with Crippen LogP contribution in [0, 0.1) is 12.7 Å². The third kappa shape index (κ3) is 2.58. The van der Waals surface area contributed by atoms with Gasteiger partial charge in [0.15, 0.2) is 0 Å². The lowest BCUT2D eigenvalue weighted by atomic mass is 10.1. The molecule has 0 amide bonds. The maximum absolute atomic E-state index is 14.3. The summed E-state index contributed by atoms with van der Waals surface area (Å²) >= 11 is 1.34. The average molecular weight is 281 g/mol. The number of aromatic nitrogens is 1. The van der Waals surface area contributed by atoms with Crippen molar-refractivity contribution in [1.29, 1.82) is 0 Å². The summed E-state index contributed by atoms with van der Waals surface area (Å²) in [5, 5.41) is 0.499. The molecule has 2 rings (SSSR count). The van der Waals surface area contributed by atoms with Crippen molar-refractivity contribution in [2.45, 2.75) is 6.92 Å². The van der Waals surface area contributed by atoms with Crippen LogP contribution in [0.1, 0.15) is 15.2 Å². The first kappa shape index (κ1) is 13.5. The van der Waals surface area contributed by atoms with Gasteiger partial charge in [-0.2, -0.15) is 0 Å². The van der Waals surface area contributed by atoms with Gasteiger partial charge in [-0.3, -0.25) is 0 Å². The number of nitrogens with zero attached hydrogens (tertiary/aromatic N) is 1. The molecular formula is C13H12FNO3S. The molecule has 0 aliphatic heterocycles. The molecule has 2 aromatic rings. The van der Waals surface area contributed by atoms with Crippen LogP contribution in [0.15, 0.2) is 18.3 Å². The summed E-state index contributed by atoms with van der Waals surface area (Å²) in [4.78, 5) is 16.6. The van der Waals surface area contributed by atoms with E-state index < -0.39 is 11.8 Å². The third-order valence-corrected chi connectivity index (χ3v) is 3.48. The lowest BCUT2D eigenvalue weighted by Gasteiger charge is -2.08. The number of ether oxygens (including phenoxy) is 2. The van der Waals surface area contributed by atoms with Gasteiger partial charge in [-0.05, 0) is 19.1 Å². The molecule has 100 valence electrons. The molecule has 0 aliphatic rings. The summed E-state index contributed by atoms with van der Waals surface area (Å²) in [5.74, 6) is -1.02. The van der Waals surface area contributed by atoms with E-state index >= 15 is 0 Å². The molecule has 4 nitrogen and oxygen atoms in total. The Morgan fingerprint density at radius 1 is 1.37 bits per heavy atom. The number of benzene rings is 1. The molecule has 0 spiro atoms. The smallest absolute Gasteiger partial charge is 0.341 e. The molecular weight excluding hydrogens is 269 g/mol. The first-order valence-corrected chi connectivity index (χ1v) is 6.27. The molecule has 0 bridgehead atoms. The largest absolute Gasteiger partial charge is 0.497 e. The minimum Gasteiger partial charge on any atom is -0.497 e. The van der Waals surface area contributed by atoms with Crippen molar-refractivity contribution in [3.63, 3.8) is 0 Å². The molecule has 0 saturated carbocycles. The van der Waals surface area contributed by atoms with E-state index in [2.05, 4.69) is 9.72 Å². The standard InChI is InChI=1S/C13H12FNO3S/c1-7-6-15-12(19-7)9-4-8(17-2)5-10(11(9)14)13(16)18-3/h4-6H,1-3H3. The van der Waals surface area contributed by atoms with E-state index in [9.17, 15) is 9.18 Å². The molecule has 1 aromatic heterocycles. The number of esters is 1. The molecule has 6 heteroatoms. The minimum atomic E-state index is -0.745. The number of carbonyl (C=O) groups is 1. The van der Waals surface area contributed by atoms with Crippen LogP contribution in [0.4, 0.5) is 4.39 Å². The van der Waals surface area contributed by atoms with Gasteiger partial charge in [-0.1, -0.05) is 0 Å². The van der Waals surface area contributed by atoms with Crippen molar-refractivity contribution < 1.29 is 18.7 Å². The molecule has 1 aromatic carbocycles.